The Morgan fingerprint density at radius 3 is 2.50 bits per heavy atom. The van der Waals surface area contributed by atoms with Gasteiger partial charge in [-0.05, 0) is 6.92 Å². The standard InChI is InChI=1S/C7H13F3N4O2/c1-4(5(11)13-16)14(2)6(15)12-3-7(8,9)10/h4,16H,3H2,1-2H3,(H2,11,13)(H,12,15). The lowest BCUT2D eigenvalue weighted by molar-refractivity contribution is -0.123. The topological polar surface area (TPSA) is 91.0 Å². The number of carbonyl (C=O) groups excluding carboxylic acids is 1. The molecule has 2 amide bonds. The molecule has 0 aromatic heterocycles. The highest BCUT2D eigenvalue weighted by Crippen LogP contribution is 2.12. The van der Waals surface area contributed by atoms with E-state index in [-0.39, 0.29) is 5.84 Å². The van der Waals surface area contributed by atoms with Gasteiger partial charge in [-0.1, -0.05) is 5.16 Å². The molecule has 0 aliphatic heterocycles. The van der Waals surface area contributed by atoms with E-state index in [1.807, 2.05) is 0 Å². The Labute approximate surface area is 89.9 Å². The second-order valence-corrected chi connectivity index (χ2v) is 3.09. The molecule has 0 fully saturated rings. The monoisotopic (exact) mass is 242 g/mol. The summed E-state index contributed by atoms with van der Waals surface area (Å²) >= 11 is 0. The predicted octanol–water partition coefficient (Wildman–Crippen LogP) is 0.325. The predicted molar refractivity (Wildman–Crippen MR) is 50.1 cm³/mol. The molecule has 94 valence electrons. The van der Waals surface area contributed by atoms with Gasteiger partial charge < -0.3 is 21.2 Å². The van der Waals surface area contributed by atoms with E-state index in [9.17, 15) is 18.0 Å². The Bertz CT molecular complexity index is 279. The van der Waals surface area contributed by atoms with Crippen molar-refractivity contribution in [2.24, 2.45) is 10.9 Å². The molecule has 0 aliphatic carbocycles. The minimum absolute atomic E-state index is 0.273. The van der Waals surface area contributed by atoms with Gasteiger partial charge in [-0.25, -0.2) is 4.79 Å². The van der Waals surface area contributed by atoms with Gasteiger partial charge in [0.1, 0.15) is 6.54 Å². The summed E-state index contributed by atoms with van der Waals surface area (Å²) in [7, 11) is 1.23. The number of nitrogens with one attached hydrogen (secondary N) is 1. The van der Waals surface area contributed by atoms with Gasteiger partial charge in [0, 0.05) is 7.05 Å². The first kappa shape index (κ1) is 14.3. The van der Waals surface area contributed by atoms with Crippen LogP contribution in [0.5, 0.6) is 0 Å². The Kier molecular flexibility index (Phi) is 4.86. The molecule has 6 nitrogen and oxygen atoms in total. The first-order chi connectivity index (χ1) is 7.19. The molecule has 0 radical (unpaired) electrons. The Morgan fingerprint density at radius 1 is 1.62 bits per heavy atom. The summed E-state index contributed by atoms with van der Waals surface area (Å²) in [6.45, 7) is -0.0265. The van der Waals surface area contributed by atoms with Crippen molar-refractivity contribution in [3.05, 3.63) is 0 Å². The first-order valence-electron chi connectivity index (χ1n) is 4.24. The normalized spacial score (nSPS) is 14.4. The van der Waals surface area contributed by atoms with Crippen LogP contribution in [0.1, 0.15) is 6.92 Å². The fraction of sp³-hybridized carbons (Fsp3) is 0.714. The quantitative estimate of drug-likeness (QED) is 0.288. The number of likely N-dealkylation sites (N-methyl/N-ethyl adjacent to an activating group) is 1. The van der Waals surface area contributed by atoms with Crippen molar-refractivity contribution in [3.63, 3.8) is 0 Å². The van der Waals surface area contributed by atoms with Crippen LogP contribution in [0.2, 0.25) is 0 Å². The third kappa shape index (κ3) is 4.71. The van der Waals surface area contributed by atoms with Crippen LogP contribution in [0.25, 0.3) is 0 Å². The zero-order chi connectivity index (χ0) is 12.9. The van der Waals surface area contributed by atoms with Gasteiger partial charge >= 0.3 is 12.2 Å². The van der Waals surface area contributed by atoms with Gasteiger partial charge in [-0.3, -0.25) is 0 Å². The highest BCUT2D eigenvalue weighted by Gasteiger charge is 2.29. The van der Waals surface area contributed by atoms with Crippen LogP contribution in [0, 0.1) is 0 Å². The number of alkyl halides is 3. The molecule has 1 atom stereocenters. The molecule has 0 aliphatic rings. The van der Waals surface area contributed by atoms with E-state index in [1.54, 1.807) is 5.32 Å². The maximum atomic E-state index is 11.8. The average molecular weight is 242 g/mol. The number of nitrogens with zero attached hydrogens (tertiary/aromatic N) is 2. The van der Waals surface area contributed by atoms with Crippen LogP contribution in [0.3, 0.4) is 0 Å². The Hall–Kier alpha value is -1.67. The van der Waals surface area contributed by atoms with Gasteiger partial charge in [0.15, 0.2) is 5.84 Å². The number of urea groups is 1. The van der Waals surface area contributed by atoms with Crippen molar-refractivity contribution in [2.75, 3.05) is 13.6 Å². The van der Waals surface area contributed by atoms with Crippen LogP contribution < -0.4 is 11.1 Å². The third-order valence-electron chi connectivity index (χ3n) is 1.88. The first-order valence-corrected chi connectivity index (χ1v) is 4.24. The van der Waals surface area contributed by atoms with Crippen molar-refractivity contribution in [1.82, 2.24) is 10.2 Å². The molecule has 0 heterocycles. The minimum atomic E-state index is -4.48. The molecular formula is C7H13F3N4O2. The van der Waals surface area contributed by atoms with E-state index in [0.29, 0.717) is 0 Å². The fourth-order valence-electron chi connectivity index (χ4n) is 0.758. The highest BCUT2D eigenvalue weighted by molar-refractivity contribution is 5.89. The second-order valence-electron chi connectivity index (χ2n) is 3.09. The lowest BCUT2D eigenvalue weighted by Gasteiger charge is -2.24. The zero-order valence-corrected chi connectivity index (χ0v) is 8.75. The fourth-order valence-corrected chi connectivity index (χ4v) is 0.758. The molecule has 0 aromatic carbocycles. The van der Waals surface area contributed by atoms with Crippen molar-refractivity contribution < 1.29 is 23.2 Å². The molecule has 1 unspecified atom stereocenters. The number of hydrogen-bond donors (Lipinski definition) is 3. The SMILES string of the molecule is CC(C(N)=NO)N(C)C(=O)NCC(F)(F)F. The summed E-state index contributed by atoms with van der Waals surface area (Å²) in [5.41, 5.74) is 5.19. The lowest BCUT2D eigenvalue weighted by atomic mass is 10.3. The van der Waals surface area contributed by atoms with E-state index in [4.69, 9.17) is 10.9 Å². The zero-order valence-electron chi connectivity index (χ0n) is 8.75. The number of hydrogen-bond acceptors (Lipinski definition) is 3. The average Bonchev–Trinajstić information content (AvgIpc) is 2.21. The molecule has 9 heteroatoms. The molecular weight excluding hydrogens is 229 g/mol. The third-order valence-corrected chi connectivity index (χ3v) is 1.88. The maximum Gasteiger partial charge on any atom is 0.405 e. The molecule has 4 N–H and O–H groups in total. The van der Waals surface area contributed by atoms with Crippen molar-refractivity contribution in [1.29, 1.82) is 0 Å². The van der Waals surface area contributed by atoms with E-state index in [1.165, 1.54) is 14.0 Å². The maximum absolute atomic E-state index is 11.8. The number of carbonyl (C=O) groups is 1. The van der Waals surface area contributed by atoms with E-state index in [2.05, 4.69) is 5.16 Å². The number of halogens is 3. The van der Waals surface area contributed by atoms with Gasteiger partial charge in [-0.2, -0.15) is 13.2 Å². The van der Waals surface area contributed by atoms with Crippen LogP contribution >= 0.6 is 0 Å². The molecule has 0 saturated heterocycles. The number of amides is 2. The molecule has 0 rings (SSSR count). The van der Waals surface area contributed by atoms with Gasteiger partial charge in [-0.15, -0.1) is 0 Å². The summed E-state index contributed by atoms with van der Waals surface area (Å²) in [4.78, 5) is 12.1. The summed E-state index contributed by atoms with van der Waals surface area (Å²) in [5.74, 6) is -0.273. The largest absolute Gasteiger partial charge is 0.409 e. The van der Waals surface area contributed by atoms with Crippen LogP contribution in [0.15, 0.2) is 5.16 Å². The number of oxime groups is 1. The second kappa shape index (κ2) is 5.42. The number of rotatable bonds is 3. The number of nitrogens with two attached hydrogens (primary N) is 1. The van der Waals surface area contributed by atoms with Gasteiger partial charge in [0.05, 0.1) is 6.04 Å². The Morgan fingerprint density at radius 2 is 2.12 bits per heavy atom. The van der Waals surface area contributed by atoms with Gasteiger partial charge in [0.2, 0.25) is 0 Å². The van der Waals surface area contributed by atoms with Crippen LogP contribution in [-0.2, 0) is 0 Å². The molecule has 0 spiro atoms. The molecule has 0 aromatic rings. The molecule has 0 bridgehead atoms. The molecule has 0 saturated carbocycles. The van der Waals surface area contributed by atoms with E-state index in [0.717, 1.165) is 4.90 Å². The Balaban J connectivity index is 4.29. The lowest BCUT2D eigenvalue weighted by Crippen LogP contribution is -2.49. The highest BCUT2D eigenvalue weighted by atomic mass is 19.4. The summed E-state index contributed by atoms with van der Waals surface area (Å²) in [6.07, 6.45) is -4.48. The van der Waals surface area contributed by atoms with Gasteiger partial charge in [0.25, 0.3) is 0 Å². The van der Waals surface area contributed by atoms with Crippen LogP contribution in [0.4, 0.5) is 18.0 Å². The smallest absolute Gasteiger partial charge is 0.405 e. The van der Waals surface area contributed by atoms with E-state index < -0.39 is 24.8 Å². The van der Waals surface area contributed by atoms with E-state index >= 15 is 0 Å². The minimum Gasteiger partial charge on any atom is -0.409 e. The summed E-state index contributed by atoms with van der Waals surface area (Å²) in [5, 5.41) is 12.6. The van der Waals surface area contributed by atoms with Crippen LogP contribution in [-0.4, -0.2) is 47.8 Å². The summed E-state index contributed by atoms with van der Waals surface area (Å²) in [6, 6.07) is -1.77. The van der Waals surface area contributed by atoms with Crippen molar-refractivity contribution in [3.8, 4) is 0 Å². The number of amidine groups is 1. The van der Waals surface area contributed by atoms with Crippen molar-refractivity contribution >= 4 is 11.9 Å². The summed E-state index contributed by atoms with van der Waals surface area (Å²) < 4.78 is 35.4. The van der Waals surface area contributed by atoms with Crippen molar-refractivity contribution in [2.45, 2.75) is 19.1 Å². The molecule has 16 heavy (non-hydrogen) atoms.